The summed E-state index contributed by atoms with van der Waals surface area (Å²) in [5.41, 5.74) is 0.922. The standard InChI is InChI=1S/C9H11BrN2O/c1-11-9(13)6-12-8-5-3-2-4-7(8)10/h2-5,12H,6H2,1H3,(H,11,13). The molecule has 0 fully saturated rings. The summed E-state index contributed by atoms with van der Waals surface area (Å²) in [4.78, 5) is 10.9. The average Bonchev–Trinajstić information content (AvgIpc) is 2.16. The Bertz CT molecular complexity index is 301. The number of benzene rings is 1. The Labute approximate surface area is 85.7 Å². The summed E-state index contributed by atoms with van der Waals surface area (Å²) in [5, 5.41) is 5.54. The quantitative estimate of drug-likeness (QED) is 0.846. The van der Waals surface area contributed by atoms with Crippen LogP contribution in [-0.2, 0) is 4.79 Å². The Kier molecular flexibility index (Phi) is 3.76. The summed E-state index contributed by atoms with van der Waals surface area (Å²) >= 11 is 3.37. The average molecular weight is 243 g/mol. The van der Waals surface area contributed by atoms with Gasteiger partial charge in [-0.05, 0) is 28.1 Å². The molecule has 3 nitrogen and oxygen atoms in total. The highest BCUT2D eigenvalue weighted by Gasteiger charge is 1.99. The van der Waals surface area contributed by atoms with Crippen LogP contribution in [0.15, 0.2) is 28.7 Å². The van der Waals surface area contributed by atoms with Crippen molar-refractivity contribution in [3.05, 3.63) is 28.7 Å². The Balaban J connectivity index is 2.54. The van der Waals surface area contributed by atoms with Gasteiger partial charge in [-0.2, -0.15) is 0 Å². The predicted octanol–water partition coefficient (Wildman–Crippen LogP) is 1.61. The Morgan fingerprint density at radius 1 is 1.46 bits per heavy atom. The zero-order chi connectivity index (χ0) is 9.68. The molecule has 0 spiro atoms. The molecule has 0 aromatic heterocycles. The molecule has 0 bridgehead atoms. The van der Waals surface area contributed by atoms with E-state index in [-0.39, 0.29) is 5.91 Å². The van der Waals surface area contributed by atoms with Gasteiger partial charge in [-0.25, -0.2) is 0 Å². The lowest BCUT2D eigenvalue weighted by Crippen LogP contribution is -2.26. The third kappa shape index (κ3) is 3.06. The van der Waals surface area contributed by atoms with Crippen LogP contribution >= 0.6 is 15.9 Å². The maximum Gasteiger partial charge on any atom is 0.239 e. The molecule has 0 atom stereocenters. The van der Waals surface area contributed by atoms with E-state index >= 15 is 0 Å². The lowest BCUT2D eigenvalue weighted by molar-refractivity contribution is -0.118. The van der Waals surface area contributed by atoms with Crippen molar-refractivity contribution in [3.63, 3.8) is 0 Å². The van der Waals surface area contributed by atoms with Crippen molar-refractivity contribution >= 4 is 27.5 Å². The van der Waals surface area contributed by atoms with Gasteiger partial charge in [0.05, 0.1) is 6.54 Å². The van der Waals surface area contributed by atoms with Crippen LogP contribution in [0.2, 0.25) is 0 Å². The first kappa shape index (κ1) is 10.1. The van der Waals surface area contributed by atoms with Gasteiger partial charge in [-0.3, -0.25) is 4.79 Å². The van der Waals surface area contributed by atoms with E-state index in [1.807, 2.05) is 24.3 Å². The minimum Gasteiger partial charge on any atom is -0.375 e. The highest BCUT2D eigenvalue weighted by molar-refractivity contribution is 9.10. The van der Waals surface area contributed by atoms with Gasteiger partial charge in [0.15, 0.2) is 0 Å². The number of nitrogens with one attached hydrogen (secondary N) is 2. The predicted molar refractivity (Wildman–Crippen MR) is 56.7 cm³/mol. The summed E-state index contributed by atoms with van der Waals surface area (Å²) in [5.74, 6) is -0.0317. The van der Waals surface area contributed by atoms with E-state index in [0.29, 0.717) is 6.54 Å². The minimum atomic E-state index is -0.0317. The zero-order valence-corrected chi connectivity index (χ0v) is 8.89. The molecule has 0 aliphatic carbocycles. The van der Waals surface area contributed by atoms with Crippen molar-refractivity contribution in [1.82, 2.24) is 5.32 Å². The monoisotopic (exact) mass is 242 g/mol. The van der Waals surface area contributed by atoms with Gasteiger partial charge < -0.3 is 10.6 Å². The fourth-order valence-electron chi connectivity index (χ4n) is 0.868. The number of carbonyl (C=O) groups is 1. The van der Waals surface area contributed by atoms with Gasteiger partial charge in [-0.15, -0.1) is 0 Å². The second-order valence-corrected chi connectivity index (χ2v) is 3.36. The van der Waals surface area contributed by atoms with Crippen molar-refractivity contribution in [3.8, 4) is 0 Å². The number of para-hydroxylation sites is 1. The highest BCUT2D eigenvalue weighted by Crippen LogP contribution is 2.20. The lowest BCUT2D eigenvalue weighted by atomic mass is 10.3. The Morgan fingerprint density at radius 2 is 2.15 bits per heavy atom. The molecule has 0 heterocycles. The number of amides is 1. The molecule has 0 aliphatic rings. The number of likely N-dealkylation sites (N-methyl/N-ethyl adjacent to an activating group) is 1. The normalized spacial score (nSPS) is 9.38. The molecular formula is C9H11BrN2O. The van der Waals surface area contributed by atoms with Gasteiger partial charge in [0.1, 0.15) is 0 Å². The van der Waals surface area contributed by atoms with E-state index in [1.54, 1.807) is 7.05 Å². The molecule has 0 radical (unpaired) electrons. The third-order valence-electron chi connectivity index (χ3n) is 1.59. The third-order valence-corrected chi connectivity index (χ3v) is 2.28. The van der Waals surface area contributed by atoms with Crippen LogP contribution in [0.3, 0.4) is 0 Å². The van der Waals surface area contributed by atoms with E-state index in [4.69, 9.17) is 0 Å². The highest BCUT2D eigenvalue weighted by atomic mass is 79.9. The maximum atomic E-state index is 10.9. The van der Waals surface area contributed by atoms with Crippen LogP contribution in [0.25, 0.3) is 0 Å². The molecule has 1 rings (SSSR count). The summed E-state index contributed by atoms with van der Waals surface area (Å²) in [6.45, 7) is 0.291. The number of hydrogen-bond donors (Lipinski definition) is 2. The lowest BCUT2D eigenvalue weighted by Gasteiger charge is -2.06. The SMILES string of the molecule is CNC(=O)CNc1ccccc1Br. The van der Waals surface area contributed by atoms with E-state index in [0.717, 1.165) is 10.2 Å². The van der Waals surface area contributed by atoms with E-state index in [1.165, 1.54) is 0 Å². The van der Waals surface area contributed by atoms with Crippen molar-refractivity contribution in [1.29, 1.82) is 0 Å². The zero-order valence-electron chi connectivity index (χ0n) is 7.30. The first-order valence-electron chi connectivity index (χ1n) is 3.93. The molecule has 0 saturated carbocycles. The molecule has 4 heteroatoms. The van der Waals surface area contributed by atoms with Crippen LogP contribution in [0.1, 0.15) is 0 Å². The van der Waals surface area contributed by atoms with Crippen LogP contribution in [0.4, 0.5) is 5.69 Å². The van der Waals surface area contributed by atoms with E-state index in [9.17, 15) is 4.79 Å². The summed E-state index contributed by atoms with van der Waals surface area (Å²) in [6.07, 6.45) is 0. The number of rotatable bonds is 3. The molecule has 1 amide bonds. The summed E-state index contributed by atoms with van der Waals surface area (Å²) in [6, 6.07) is 7.67. The Morgan fingerprint density at radius 3 is 2.77 bits per heavy atom. The van der Waals surface area contributed by atoms with Gasteiger partial charge in [0.2, 0.25) is 5.91 Å². The topological polar surface area (TPSA) is 41.1 Å². The number of halogens is 1. The maximum absolute atomic E-state index is 10.9. The molecular weight excluding hydrogens is 232 g/mol. The molecule has 0 saturated heterocycles. The van der Waals surface area contributed by atoms with Crippen molar-refractivity contribution < 1.29 is 4.79 Å². The van der Waals surface area contributed by atoms with Gasteiger partial charge in [0.25, 0.3) is 0 Å². The van der Waals surface area contributed by atoms with Gasteiger partial charge >= 0.3 is 0 Å². The van der Waals surface area contributed by atoms with Crippen LogP contribution < -0.4 is 10.6 Å². The molecule has 1 aromatic carbocycles. The summed E-state index contributed by atoms with van der Waals surface area (Å²) < 4.78 is 0.957. The van der Waals surface area contributed by atoms with E-state index in [2.05, 4.69) is 26.6 Å². The second kappa shape index (κ2) is 4.87. The molecule has 0 unspecified atom stereocenters. The molecule has 13 heavy (non-hydrogen) atoms. The Hall–Kier alpha value is -1.03. The van der Waals surface area contributed by atoms with Crippen LogP contribution in [0.5, 0.6) is 0 Å². The van der Waals surface area contributed by atoms with Gasteiger partial charge in [-0.1, -0.05) is 12.1 Å². The molecule has 1 aromatic rings. The molecule has 0 aliphatic heterocycles. The van der Waals surface area contributed by atoms with Crippen molar-refractivity contribution in [2.24, 2.45) is 0 Å². The molecule has 2 N–H and O–H groups in total. The molecule has 70 valence electrons. The summed E-state index contributed by atoms with van der Waals surface area (Å²) in [7, 11) is 1.62. The number of hydrogen-bond acceptors (Lipinski definition) is 2. The minimum absolute atomic E-state index is 0.0317. The van der Waals surface area contributed by atoms with Crippen molar-refractivity contribution in [2.75, 3.05) is 18.9 Å². The largest absolute Gasteiger partial charge is 0.375 e. The van der Waals surface area contributed by atoms with Crippen LogP contribution in [0, 0.1) is 0 Å². The van der Waals surface area contributed by atoms with Gasteiger partial charge in [0, 0.05) is 17.2 Å². The fraction of sp³-hybridized carbons (Fsp3) is 0.222. The first-order chi connectivity index (χ1) is 6.24. The van der Waals surface area contributed by atoms with E-state index < -0.39 is 0 Å². The number of anilines is 1. The number of carbonyl (C=O) groups excluding carboxylic acids is 1. The van der Waals surface area contributed by atoms with Crippen LogP contribution in [-0.4, -0.2) is 19.5 Å². The second-order valence-electron chi connectivity index (χ2n) is 2.51. The first-order valence-corrected chi connectivity index (χ1v) is 4.72. The van der Waals surface area contributed by atoms with Crippen molar-refractivity contribution in [2.45, 2.75) is 0 Å². The smallest absolute Gasteiger partial charge is 0.239 e. The fourth-order valence-corrected chi connectivity index (χ4v) is 1.29.